The van der Waals surface area contributed by atoms with Gasteiger partial charge in [-0.15, -0.1) is 0 Å². The zero-order valence-electron chi connectivity index (χ0n) is 25.3. The summed E-state index contributed by atoms with van der Waals surface area (Å²) in [6, 6.07) is 18.0. The highest BCUT2D eigenvalue weighted by atomic mass is 19.4. The van der Waals surface area contributed by atoms with E-state index < -0.39 is 23.7 Å². The molecule has 2 unspecified atom stereocenters. The topological polar surface area (TPSA) is 62.3 Å². The Morgan fingerprint density at radius 2 is 1.59 bits per heavy atom. The molecule has 2 heterocycles. The standard InChI is InChI=1S/C34H38F3N3O4/c1-23-5-12-27(13-6-23)40-31(41)16-14-28(32(40)25-9-15-29(43-2)30(21-25)44-3)33(42)39-18-4-17-38(19-20-39)22-24-7-10-26(11-8-24)34(35,36)37/h5-13,15,21,28,32H,4,14,16-20,22H2,1-3H3. The number of alkyl halides is 3. The molecule has 0 bridgehead atoms. The van der Waals surface area contributed by atoms with Crippen LogP contribution in [0, 0.1) is 12.8 Å². The second-order valence-corrected chi connectivity index (χ2v) is 11.5. The predicted molar refractivity (Wildman–Crippen MR) is 162 cm³/mol. The van der Waals surface area contributed by atoms with Crippen LogP contribution in [0.2, 0.25) is 0 Å². The fourth-order valence-electron chi connectivity index (χ4n) is 6.22. The van der Waals surface area contributed by atoms with Crippen LogP contribution in [0.25, 0.3) is 0 Å². The van der Waals surface area contributed by atoms with Crippen LogP contribution < -0.4 is 14.4 Å². The lowest BCUT2D eigenvalue weighted by Crippen LogP contribution is -2.50. The Balaban J connectivity index is 1.38. The summed E-state index contributed by atoms with van der Waals surface area (Å²) in [5.41, 5.74) is 2.72. The van der Waals surface area contributed by atoms with Crippen LogP contribution in [0.4, 0.5) is 18.9 Å². The Morgan fingerprint density at radius 1 is 0.886 bits per heavy atom. The van der Waals surface area contributed by atoms with Crippen molar-refractivity contribution >= 4 is 17.5 Å². The summed E-state index contributed by atoms with van der Waals surface area (Å²) in [6.45, 7) is 4.88. The minimum Gasteiger partial charge on any atom is -0.493 e. The fourth-order valence-corrected chi connectivity index (χ4v) is 6.22. The molecule has 2 saturated heterocycles. The largest absolute Gasteiger partial charge is 0.493 e. The normalized spacial score (nSPS) is 19.9. The molecule has 2 atom stereocenters. The lowest BCUT2D eigenvalue weighted by Gasteiger charge is -2.42. The Bertz CT molecular complexity index is 1460. The summed E-state index contributed by atoms with van der Waals surface area (Å²) in [4.78, 5) is 33.6. The molecule has 0 N–H and O–H groups in total. The van der Waals surface area contributed by atoms with Crippen LogP contribution in [0.3, 0.4) is 0 Å². The lowest BCUT2D eigenvalue weighted by molar-refractivity contribution is -0.139. The van der Waals surface area contributed by atoms with Crippen molar-refractivity contribution in [2.45, 2.75) is 44.9 Å². The molecule has 10 heteroatoms. The van der Waals surface area contributed by atoms with Crippen molar-refractivity contribution in [3.8, 4) is 11.5 Å². The molecule has 3 aromatic rings. The quantitative estimate of drug-likeness (QED) is 0.317. The van der Waals surface area contributed by atoms with Gasteiger partial charge in [-0.05, 0) is 67.3 Å². The number of carbonyl (C=O) groups excluding carboxylic acids is 2. The number of rotatable bonds is 7. The van der Waals surface area contributed by atoms with Gasteiger partial charge in [-0.3, -0.25) is 14.5 Å². The number of amides is 2. The number of carbonyl (C=O) groups is 2. The van der Waals surface area contributed by atoms with Crippen LogP contribution >= 0.6 is 0 Å². The SMILES string of the molecule is COc1ccc(C2C(C(=O)N3CCCN(Cc4ccc(C(F)(F)F)cc4)CC3)CCC(=O)N2c2ccc(C)cc2)cc1OC. The van der Waals surface area contributed by atoms with E-state index in [1.807, 2.05) is 48.2 Å². The van der Waals surface area contributed by atoms with Gasteiger partial charge in [0.2, 0.25) is 11.8 Å². The second kappa shape index (κ2) is 13.3. The third-order valence-electron chi connectivity index (χ3n) is 8.56. The summed E-state index contributed by atoms with van der Waals surface area (Å²) in [6.07, 6.45) is -2.96. The number of hydrogen-bond acceptors (Lipinski definition) is 5. The van der Waals surface area contributed by atoms with E-state index in [0.29, 0.717) is 44.1 Å². The van der Waals surface area contributed by atoms with Gasteiger partial charge in [0.15, 0.2) is 11.5 Å². The molecular weight excluding hydrogens is 571 g/mol. The maximum atomic E-state index is 14.3. The Kier molecular flexibility index (Phi) is 9.48. The van der Waals surface area contributed by atoms with Gasteiger partial charge < -0.3 is 19.3 Å². The first-order chi connectivity index (χ1) is 21.1. The first-order valence-corrected chi connectivity index (χ1v) is 14.9. The molecule has 0 saturated carbocycles. The van der Waals surface area contributed by atoms with E-state index in [1.54, 1.807) is 25.2 Å². The van der Waals surface area contributed by atoms with Gasteiger partial charge in [0.05, 0.1) is 31.7 Å². The van der Waals surface area contributed by atoms with Crippen LogP contribution in [-0.4, -0.2) is 62.0 Å². The molecule has 2 fully saturated rings. The Labute approximate surface area is 256 Å². The number of aryl methyl sites for hydroxylation is 1. The molecule has 2 aliphatic rings. The van der Waals surface area contributed by atoms with Crippen molar-refractivity contribution < 1.29 is 32.2 Å². The summed E-state index contributed by atoms with van der Waals surface area (Å²) in [7, 11) is 3.12. The lowest BCUT2D eigenvalue weighted by atomic mass is 9.82. The van der Waals surface area contributed by atoms with E-state index in [9.17, 15) is 22.8 Å². The predicted octanol–water partition coefficient (Wildman–Crippen LogP) is 6.25. The molecule has 2 aliphatic heterocycles. The van der Waals surface area contributed by atoms with Crippen LogP contribution in [0.15, 0.2) is 66.7 Å². The molecule has 0 spiro atoms. The average Bonchev–Trinajstić information content (AvgIpc) is 3.26. The molecule has 7 nitrogen and oxygen atoms in total. The second-order valence-electron chi connectivity index (χ2n) is 11.5. The van der Waals surface area contributed by atoms with Gasteiger partial charge in [0.1, 0.15) is 0 Å². The summed E-state index contributed by atoms with van der Waals surface area (Å²) in [5, 5.41) is 0. The first kappa shape index (κ1) is 31.4. The monoisotopic (exact) mass is 609 g/mol. The van der Waals surface area contributed by atoms with Gasteiger partial charge in [0, 0.05) is 44.8 Å². The van der Waals surface area contributed by atoms with Gasteiger partial charge >= 0.3 is 6.18 Å². The highest BCUT2D eigenvalue weighted by Crippen LogP contribution is 2.43. The van der Waals surface area contributed by atoms with Crippen molar-refractivity contribution in [2.24, 2.45) is 5.92 Å². The molecule has 3 aromatic carbocycles. The number of hydrogen-bond donors (Lipinski definition) is 0. The van der Waals surface area contributed by atoms with E-state index in [0.717, 1.165) is 47.5 Å². The van der Waals surface area contributed by atoms with E-state index in [1.165, 1.54) is 12.1 Å². The number of benzene rings is 3. The highest BCUT2D eigenvalue weighted by molar-refractivity contribution is 5.97. The average molecular weight is 610 g/mol. The third-order valence-corrected chi connectivity index (χ3v) is 8.56. The number of methoxy groups -OCH3 is 2. The van der Waals surface area contributed by atoms with Crippen LogP contribution in [0.1, 0.15) is 47.6 Å². The number of piperidine rings is 1. The van der Waals surface area contributed by atoms with E-state index >= 15 is 0 Å². The number of nitrogens with zero attached hydrogens (tertiary/aromatic N) is 3. The minimum atomic E-state index is -4.37. The summed E-state index contributed by atoms with van der Waals surface area (Å²) < 4.78 is 50.0. The number of ether oxygens (including phenoxy) is 2. The van der Waals surface area contributed by atoms with Crippen molar-refractivity contribution in [2.75, 3.05) is 45.3 Å². The van der Waals surface area contributed by atoms with Gasteiger partial charge in [0.25, 0.3) is 0 Å². The van der Waals surface area contributed by atoms with E-state index in [-0.39, 0.29) is 18.2 Å². The zero-order chi connectivity index (χ0) is 31.4. The molecule has 2 amide bonds. The van der Waals surface area contributed by atoms with Gasteiger partial charge in [-0.25, -0.2) is 0 Å². The summed E-state index contributed by atoms with van der Waals surface area (Å²) in [5.74, 6) is 0.547. The zero-order valence-corrected chi connectivity index (χ0v) is 25.3. The molecule has 234 valence electrons. The molecule has 5 rings (SSSR count). The fraction of sp³-hybridized carbons (Fsp3) is 0.412. The van der Waals surface area contributed by atoms with Gasteiger partial charge in [-0.1, -0.05) is 35.9 Å². The molecule has 0 aromatic heterocycles. The van der Waals surface area contributed by atoms with Crippen molar-refractivity contribution in [1.29, 1.82) is 0 Å². The van der Waals surface area contributed by atoms with Crippen molar-refractivity contribution in [3.05, 3.63) is 89.0 Å². The van der Waals surface area contributed by atoms with E-state index in [4.69, 9.17) is 9.47 Å². The smallest absolute Gasteiger partial charge is 0.416 e. The molecule has 0 radical (unpaired) electrons. The van der Waals surface area contributed by atoms with Crippen LogP contribution in [-0.2, 0) is 22.3 Å². The molecular formula is C34H38F3N3O4. The van der Waals surface area contributed by atoms with Crippen LogP contribution in [0.5, 0.6) is 11.5 Å². The number of anilines is 1. The number of halogens is 3. The van der Waals surface area contributed by atoms with Crippen molar-refractivity contribution in [1.82, 2.24) is 9.80 Å². The third kappa shape index (κ3) is 6.85. The Hall–Kier alpha value is -4.05. The summed E-state index contributed by atoms with van der Waals surface area (Å²) >= 11 is 0. The minimum absolute atomic E-state index is 0.00854. The maximum Gasteiger partial charge on any atom is 0.416 e. The van der Waals surface area contributed by atoms with Gasteiger partial charge in [-0.2, -0.15) is 13.2 Å². The van der Waals surface area contributed by atoms with Crippen molar-refractivity contribution in [3.63, 3.8) is 0 Å². The van der Waals surface area contributed by atoms with E-state index in [2.05, 4.69) is 4.90 Å². The highest BCUT2D eigenvalue weighted by Gasteiger charge is 2.43. The molecule has 0 aliphatic carbocycles. The first-order valence-electron chi connectivity index (χ1n) is 14.9. The maximum absolute atomic E-state index is 14.3. The molecule has 44 heavy (non-hydrogen) atoms. The Morgan fingerprint density at radius 3 is 2.25 bits per heavy atom.